The van der Waals surface area contributed by atoms with Crippen LogP contribution in [0.3, 0.4) is 0 Å². The van der Waals surface area contributed by atoms with Gasteiger partial charge in [-0.05, 0) is 41.5 Å². The van der Waals surface area contributed by atoms with Crippen LogP contribution in [0.2, 0.25) is 0 Å². The minimum atomic E-state index is -4.02. The topological polar surface area (TPSA) is 60.4 Å². The zero-order valence-corrected chi connectivity index (χ0v) is 13.9. The van der Waals surface area contributed by atoms with Gasteiger partial charge < -0.3 is 4.79 Å². The van der Waals surface area contributed by atoms with E-state index in [1.54, 1.807) is 24.3 Å². The molecule has 3 rings (SSSR count). The molecule has 1 unspecified atom stereocenters. The van der Waals surface area contributed by atoms with Crippen molar-refractivity contribution in [3.8, 4) is 0 Å². The fourth-order valence-corrected chi connectivity index (χ4v) is 3.45. The molecular formula is C19H16O4S. The van der Waals surface area contributed by atoms with Gasteiger partial charge >= 0.3 is 0 Å². The summed E-state index contributed by atoms with van der Waals surface area (Å²) in [7, 11) is -4.02. The van der Waals surface area contributed by atoms with Crippen molar-refractivity contribution in [1.29, 1.82) is 0 Å². The molecule has 3 aromatic rings. The Morgan fingerprint density at radius 2 is 1.58 bits per heavy atom. The van der Waals surface area contributed by atoms with E-state index in [0.29, 0.717) is 11.8 Å². The zero-order chi connectivity index (χ0) is 17.2. The number of hydrogen-bond acceptors (Lipinski definition) is 4. The lowest BCUT2D eigenvalue weighted by Gasteiger charge is -2.13. The molecule has 24 heavy (non-hydrogen) atoms. The van der Waals surface area contributed by atoms with Crippen molar-refractivity contribution >= 4 is 27.2 Å². The molecule has 4 nitrogen and oxygen atoms in total. The first-order valence-electron chi connectivity index (χ1n) is 7.43. The highest BCUT2D eigenvalue weighted by molar-refractivity contribution is 7.86. The molecule has 0 saturated heterocycles. The van der Waals surface area contributed by atoms with Crippen LogP contribution in [0.25, 0.3) is 10.8 Å². The highest BCUT2D eigenvalue weighted by atomic mass is 32.2. The quantitative estimate of drug-likeness (QED) is 0.524. The van der Waals surface area contributed by atoms with Gasteiger partial charge in [0.2, 0.25) is 0 Å². The summed E-state index contributed by atoms with van der Waals surface area (Å²) in [6, 6.07) is 19.2. The molecule has 0 fully saturated rings. The highest BCUT2D eigenvalue weighted by Crippen LogP contribution is 2.25. The van der Waals surface area contributed by atoms with Crippen molar-refractivity contribution < 1.29 is 17.4 Å². The molecule has 0 heterocycles. The van der Waals surface area contributed by atoms with Gasteiger partial charge in [-0.3, -0.25) is 4.18 Å². The molecule has 5 heteroatoms. The maximum absolute atomic E-state index is 12.4. The number of hydrogen-bond donors (Lipinski definition) is 0. The maximum Gasteiger partial charge on any atom is 0.297 e. The summed E-state index contributed by atoms with van der Waals surface area (Å²) in [4.78, 5) is 11.4. The van der Waals surface area contributed by atoms with Crippen molar-refractivity contribution in [2.45, 2.75) is 17.9 Å². The third kappa shape index (κ3) is 3.37. The number of aldehydes is 1. The Bertz CT molecular complexity index is 976. The van der Waals surface area contributed by atoms with Gasteiger partial charge in [0.1, 0.15) is 0 Å². The molecule has 0 N–H and O–H groups in total. The normalized spacial score (nSPS) is 12.9. The second-order valence-electron chi connectivity index (χ2n) is 5.53. The first-order valence-corrected chi connectivity index (χ1v) is 8.84. The van der Waals surface area contributed by atoms with Crippen LogP contribution in [0.5, 0.6) is 0 Å². The van der Waals surface area contributed by atoms with E-state index in [-0.39, 0.29) is 4.90 Å². The molecule has 0 aliphatic rings. The highest BCUT2D eigenvalue weighted by Gasteiger charge is 2.23. The second kappa shape index (κ2) is 6.55. The molecule has 0 amide bonds. The van der Waals surface area contributed by atoms with Gasteiger partial charge in [0, 0.05) is 0 Å². The van der Waals surface area contributed by atoms with Crippen LogP contribution >= 0.6 is 0 Å². The van der Waals surface area contributed by atoms with E-state index in [1.807, 2.05) is 37.3 Å². The number of rotatable bonds is 5. The van der Waals surface area contributed by atoms with Crippen molar-refractivity contribution in [2.75, 3.05) is 0 Å². The predicted molar refractivity (Wildman–Crippen MR) is 92.2 cm³/mol. The molecule has 0 spiro atoms. The van der Waals surface area contributed by atoms with Gasteiger partial charge in [0.05, 0.1) is 4.90 Å². The molecule has 0 saturated carbocycles. The molecule has 122 valence electrons. The molecule has 1 atom stereocenters. The summed E-state index contributed by atoms with van der Waals surface area (Å²) in [5.41, 5.74) is 1.44. The second-order valence-corrected chi connectivity index (χ2v) is 7.10. The molecule has 0 bridgehead atoms. The third-order valence-corrected chi connectivity index (χ3v) is 5.08. The molecule has 0 radical (unpaired) electrons. The molecule has 0 aromatic heterocycles. The van der Waals surface area contributed by atoms with Crippen molar-refractivity contribution in [3.63, 3.8) is 0 Å². The van der Waals surface area contributed by atoms with E-state index in [2.05, 4.69) is 0 Å². The number of fused-ring (bicyclic) bond motifs is 1. The SMILES string of the molecule is Cc1ccc(S(=O)(=O)OC(C=O)c2ccc3ccccc3c2)cc1. The van der Waals surface area contributed by atoms with Gasteiger partial charge in [-0.25, -0.2) is 0 Å². The summed E-state index contributed by atoms with van der Waals surface area (Å²) < 4.78 is 29.9. The fraction of sp³-hybridized carbons (Fsp3) is 0.105. The maximum atomic E-state index is 12.4. The Morgan fingerprint density at radius 3 is 2.25 bits per heavy atom. The zero-order valence-electron chi connectivity index (χ0n) is 13.0. The molecule has 0 aliphatic heterocycles. The number of carbonyl (C=O) groups is 1. The standard InChI is InChI=1S/C19H16O4S/c1-14-6-10-18(11-7-14)24(21,22)23-19(13-20)17-9-8-15-4-2-3-5-16(15)12-17/h2-13,19H,1H3. The van der Waals surface area contributed by atoms with Crippen molar-refractivity contribution in [2.24, 2.45) is 0 Å². The first kappa shape index (κ1) is 16.4. The first-order chi connectivity index (χ1) is 11.5. The van der Waals surface area contributed by atoms with Crippen molar-refractivity contribution in [3.05, 3.63) is 77.9 Å². The molecule has 0 aliphatic carbocycles. The molecule has 3 aromatic carbocycles. The van der Waals surface area contributed by atoms with Crippen LogP contribution in [0, 0.1) is 6.92 Å². The summed E-state index contributed by atoms with van der Waals surface area (Å²) in [6.45, 7) is 1.86. The van der Waals surface area contributed by atoms with E-state index in [0.717, 1.165) is 16.3 Å². The number of carbonyl (C=O) groups excluding carboxylic acids is 1. The Balaban J connectivity index is 1.93. The summed E-state index contributed by atoms with van der Waals surface area (Å²) >= 11 is 0. The third-order valence-electron chi connectivity index (χ3n) is 3.77. The van der Waals surface area contributed by atoms with Crippen LogP contribution in [-0.2, 0) is 19.1 Å². The fourth-order valence-electron chi connectivity index (χ4n) is 2.44. The Labute approximate surface area is 140 Å². The predicted octanol–water partition coefficient (Wildman–Crippen LogP) is 3.79. The summed E-state index contributed by atoms with van der Waals surface area (Å²) in [5, 5.41) is 1.92. The van der Waals surface area contributed by atoms with Crippen LogP contribution in [0.1, 0.15) is 17.2 Å². The van der Waals surface area contributed by atoms with Gasteiger partial charge in [0.15, 0.2) is 12.4 Å². The Hall–Kier alpha value is -2.50. The summed E-state index contributed by atoms with van der Waals surface area (Å²) in [5.74, 6) is 0. The van der Waals surface area contributed by atoms with E-state index in [1.165, 1.54) is 12.1 Å². The lowest BCUT2D eigenvalue weighted by molar-refractivity contribution is -0.113. The van der Waals surface area contributed by atoms with E-state index in [4.69, 9.17) is 4.18 Å². The van der Waals surface area contributed by atoms with Crippen LogP contribution in [0.15, 0.2) is 71.6 Å². The van der Waals surface area contributed by atoms with E-state index >= 15 is 0 Å². The van der Waals surface area contributed by atoms with Crippen LogP contribution in [-0.4, -0.2) is 14.7 Å². The number of benzene rings is 3. The smallest absolute Gasteiger partial charge is 0.297 e. The minimum absolute atomic E-state index is 0.0285. The lowest BCUT2D eigenvalue weighted by atomic mass is 10.0. The van der Waals surface area contributed by atoms with Crippen LogP contribution < -0.4 is 0 Å². The minimum Gasteiger partial charge on any atom is -0.300 e. The average Bonchev–Trinajstić information content (AvgIpc) is 2.59. The van der Waals surface area contributed by atoms with Gasteiger partial charge in [0.25, 0.3) is 10.1 Å². The van der Waals surface area contributed by atoms with Crippen molar-refractivity contribution in [1.82, 2.24) is 0 Å². The lowest BCUT2D eigenvalue weighted by Crippen LogP contribution is -2.13. The monoisotopic (exact) mass is 340 g/mol. The average molecular weight is 340 g/mol. The number of aryl methyl sites for hydroxylation is 1. The van der Waals surface area contributed by atoms with Gasteiger partial charge in [-0.15, -0.1) is 0 Å². The Morgan fingerprint density at radius 1 is 0.917 bits per heavy atom. The van der Waals surface area contributed by atoms with Gasteiger partial charge in [-0.2, -0.15) is 8.42 Å². The summed E-state index contributed by atoms with van der Waals surface area (Å²) in [6.07, 6.45) is -0.684. The Kier molecular flexibility index (Phi) is 4.46. The van der Waals surface area contributed by atoms with E-state index in [9.17, 15) is 13.2 Å². The van der Waals surface area contributed by atoms with Crippen LogP contribution in [0.4, 0.5) is 0 Å². The van der Waals surface area contributed by atoms with Gasteiger partial charge in [-0.1, -0.05) is 54.1 Å². The van der Waals surface area contributed by atoms with E-state index < -0.39 is 16.2 Å². The largest absolute Gasteiger partial charge is 0.300 e. The molecular weight excluding hydrogens is 324 g/mol.